The van der Waals surface area contributed by atoms with Crippen LogP contribution < -0.4 is 11.1 Å². The second kappa shape index (κ2) is 6.75. The molecule has 2 aromatic carbocycles. The fourth-order valence-corrected chi connectivity index (χ4v) is 2.11. The van der Waals surface area contributed by atoms with Crippen molar-refractivity contribution in [3.8, 4) is 0 Å². The van der Waals surface area contributed by atoms with Crippen LogP contribution in [0.1, 0.15) is 17.2 Å². The highest BCUT2D eigenvalue weighted by atomic mass is 19.4. The fraction of sp³-hybridized carbons (Fsp3) is 0.133. The number of nitro benzene ring substituents is 1. The Labute approximate surface area is 138 Å². The Bertz CT molecular complexity index is 807. The number of nitro groups is 1. The molecule has 0 aliphatic carbocycles. The van der Waals surface area contributed by atoms with Crippen molar-refractivity contribution in [1.82, 2.24) is 0 Å². The van der Waals surface area contributed by atoms with Crippen molar-refractivity contribution in [3.63, 3.8) is 0 Å². The fourth-order valence-electron chi connectivity index (χ4n) is 2.11. The third-order valence-electron chi connectivity index (χ3n) is 3.31. The lowest BCUT2D eigenvalue weighted by atomic mass is 10.1. The SMILES string of the molecule is NC(=O)C(Nc1ccc(C(F)(F)F)cc1[N+](=O)[O-])c1ccc(F)cc1. The minimum Gasteiger partial charge on any atom is -0.368 e. The van der Waals surface area contributed by atoms with E-state index in [2.05, 4.69) is 5.32 Å². The molecular weight excluding hydrogens is 346 g/mol. The van der Waals surface area contributed by atoms with Gasteiger partial charge in [-0.3, -0.25) is 14.9 Å². The van der Waals surface area contributed by atoms with Crippen LogP contribution in [-0.4, -0.2) is 10.8 Å². The number of halogens is 4. The number of nitrogens with one attached hydrogen (secondary N) is 1. The Morgan fingerprint density at radius 2 is 1.76 bits per heavy atom. The Morgan fingerprint density at radius 3 is 2.24 bits per heavy atom. The molecule has 0 spiro atoms. The first kappa shape index (κ1) is 18.2. The molecule has 0 fully saturated rings. The lowest BCUT2D eigenvalue weighted by molar-refractivity contribution is -0.384. The molecule has 6 nitrogen and oxygen atoms in total. The summed E-state index contributed by atoms with van der Waals surface area (Å²) >= 11 is 0. The van der Waals surface area contributed by atoms with Crippen molar-refractivity contribution >= 4 is 17.3 Å². The van der Waals surface area contributed by atoms with E-state index in [9.17, 15) is 32.5 Å². The Hall–Kier alpha value is -3.17. The molecule has 10 heteroatoms. The van der Waals surface area contributed by atoms with Gasteiger partial charge >= 0.3 is 6.18 Å². The number of hydrogen-bond acceptors (Lipinski definition) is 4. The zero-order valence-corrected chi connectivity index (χ0v) is 12.4. The van der Waals surface area contributed by atoms with Gasteiger partial charge in [-0.25, -0.2) is 4.39 Å². The van der Waals surface area contributed by atoms with Crippen LogP contribution in [0, 0.1) is 15.9 Å². The van der Waals surface area contributed by atoms with E-state index in [0.29, 0.717) is 12.1 Å². The standard InChI is InChI=1S/C15H11F4N3O3/c16-10-4-1-8(2-5-10)13(14(20)23)21-11-6-3-9(15(17,18)19)7-12(11)22(24)25/h1-7,13,21H,(H2,20,23). The molecule has 3 N–H and O–H groups in total. The monoisotopic (exact) mass is 357 g/mol. The number of carbonyl (C=O) groups is 1. The Balaban J connectivity index is 2.44. The van der Waals surface area contributed by atoms with Gasteiger partial charge in [0, 0.05) is 6.07 Å². The summed E-state index contributed by atoms with van der Waals surface area (Å²) in [4.78, 5) is 21.7. The average molecular weight is 357 g/mol. The molecule has 25 heavy (non-hydrogen) atoms. The van der Waals surface area contributed by atoms with E-state index in [1.54, 1.807) is 0 Å². The molecular formula is C15H11F4N3O3. The van der Waals surface area contributed by atoms with Crippen LogP contribution in [0.4, 0.5) is 28.9 Å². The maximum Gasteiger partial charge on any atom is 0.416 e. The lowest BCUT2D eigenvalue weighted by Crippen LogP contribution is -2.28. The number of rotatable bonds is 5. The van der Waals surface area contributed by atoms with Crippen LogP contribution in [0.15, 0.2) is 42.5 Å². The van der Waals surface area contributed by atoms with Gasteiger partial charge in [-0.1, -0.05) is 12.1 Å². The van der Waals surface area contributed by atoms with Crippen LogP contribution in [-0.2, 0) is 11.0 Å². The average Bonchev–Trinajstić information content (AvgIpc) is 2.52. The number of nitrogens with two attached hydrogens (primary N) is 1. The van der Waals surface area contributed by atoms with E-state index in [1.165, 1.54) is 12.1 Å². The molecule has 0 saturated carbocycles. The summed E-state index contributed by atoms with van der Waals surface area (Å²) in [6.45, 7) is 0. The zero-order chi connectivity index (χ0) is 18.8. The van der Waals surface area contributed by atoms with Gasteiger partial charge in [0.1, 0.15) is 17.5 Å². The largest absolute Gasteiger partial charge is 0.416 e. The van der Waals surface area contributed by atoms with Crippen molar-refractivity contribution < 1.29 is 27.3 Å². The summed E-state index contributed by atoms with van der Waals surface area (Å²) in [7, 11) is 0. The predicted molar refractivity (Wildman–Crippen MR) is 80.1 cm³/mol. The third kappa shape index (κ3) is 4.22. The summed E-state index contributed by atoms with van der Waals surface area (Å²) < 4.78 is 51.1. The van der Waals surface area contributed by atoms with E-state index in [1.807, 2.05) is 0 Å². The second-order valence-electron chi connectivity index (χ2n) is 5.02. The van der Waals surface area contributed by atoms with Gasteiger partial charge in [0.2, 0.25) is 5.91 Å². The van der Waals surface area contributed by atoms with Crippen LogP contribution in [0.3, 0.4) is 0 Å². The number of carbonyl (C=O) groups excluding carboxylic acids is 1. The summed E-state index contributed by atoms with van der Waals surface area (Å²) in [5, 5.41) is 13.5. The van der Waals surface area contributed by atoms with E-state index >= 15 is 0 Å². The van der Waals surface area contributed by atoms with Crippen molar-refractivity contribution in [2.75, 3.05) is 5.32 Å². The minimum atomic E-state index is -4.76. The number of anilines is 1. The number of hydrogen-bond donors (Lipinski definition) is 2. The van der Waals surface area contributed by atoms with E-state index in [4.69, 9.17) is 5.73 Å². The first-order chi connectivity index (χ1) is 11.6. The molecule has 132 valence electrons. The first-order valence-electron chi connectivity index (χ1n) is 6.76. The van der Waals surface area contributed by atoms with Crippen molar-refractivity contribution in [3.05, 3.63) is 69.5 Å². The first-order valence-corrected chi connectivity index (χ1v) is 6.76. The predicted octanol–water partition coefficient (Wildman–Crippen LogP) is 3.39. The molecule has 1 atom stereocenters. The van der Waals surface area contributed by atoms with Crippen LogP contribution >= 0.6 is 0 Å². The smallest absolute Gasteiger partial charge is 0.368 e. The Kier molecular flexibility index (Phi) is 4.91. The van der Waals surface area contributed by atoms with Crippen molar-refractivity contribution in [2.45, 2.75) is 12.2 Å². The van der Waals surface area contributed by atoms with Crippen LogP contribution in [0.25, 0.3) is 0 Å². The number of alkyl halides is 3. The van der Waals surface area contributed by atoms with E-state index in [-0.39, 0.29) is 11.3 Å². The van der Waals surface area contributed by atoms with Gasteiger partial charge in [0.15, 0.2) is 0 Å². The quantitative estimate of drug-likeness (QED) is 0.487. The highest BCUT2D eigenvalue weighted by Crippen LogP contribution is 2.36. The van der Waals surface area contributed by atoms with Gasteiger partial charge in [-0.15, -0.1) is 0 Å². The Morgan fingerprint density at radius 1 is 1.16 bits per heavy atom. The van der Waals surface area contributed by atoms with Gasteiger partial charge in [-0.05, 0) is 29.8 Å². The van der Waals surface area contributed by atoms with Gasteiger partial charge in [-0.2, -0.15) is 13.2 Å². The summed E-state index contributed by atoms with van der Waals surface area (Å²) in [6, 6.07) is 5.09. The van der Waals surface area contributed by atoms with E-state index < -0.39 is 40.1 Å². The van der Waals surface area contributed by atoms with E-state index in [0.717, 1.165) is 18.2 Å². The number of primary amides is 1. The zero-order valence-electron chi connectivity index (χ0n) is 12.4. The molecule has 0 heterocycles. The number of amides is 1. The number of nitrogens with zero attached hydrogens (tertiary/aromatic N) is 1. The third-order valence-corrected chi connectivity index (χ3v) is 3.31. The second-order valence-corrected chi connectivity index (χ2v) is 5.02. The molecule has 0 aromatic heterocycles. The molecule has 1 amide bonds. The van der Waals surface area contributed by atoms with Gasteiger partial charge in [0.25, 0.3) is 5.69 Å². The molecule has 0 bridgehead atoms. The molecule has 0 aliphatic heterocycles. The lowest BCUT2D eigenvalue weighted by Gasteiger charge is -2.18. The van der Waals surface area contributed by atoms with Gasteiger partial charge in [0.05, 0.1) is 10.5 Å². The molecule has 2 aromatic rings. The normalized spacial score (nSPS) is 12.5. The highest BCUT2D eigenvalue weighted by Gasteiger charge is 2.33. The minimum absolute atomic E-state index is 0.197. The maximum absolute atomic E-state index is 13.0. The summed E-state index contributed by atoms with van der Waals surface area (Å²) in [5.74, 6) is -1.52. The molecule has 2 rings (SSSR count). The summed E-state index contributed by atoms with van der Waals surface area (Å²) in [5.41, 5.74) is 3.03. The molecule has 0 aliphatic rings. The van der Waals surface area contributed by atoms with Crippen molar-refractivity contribution in [1.29, 1.82) is 0 Å². The molecule has 1 unspecified atom stereocenters. The molecule has 0 saturated heterocycles. The van der Waals surface area contributed by atoms with Crippen LogP contribution in [0.2, 0.25) is 0 Å². The van der Waals surface area contributed by atoms with Crippen LogP contribution in [0.5, 0.6) is 0 Å². The van der Waals surface area contributed by atoms with Gasteiger partial charge < -0.3 is 11.1 Å². The summed E-state index contributed by atoms with van der Waals surface area (Å²) in [6.07, 6.45) is -4.76. The topological polar surface area (TPSA) is 98.3 Å². The maximum atomic E-state index is 13.0. The molecule has 0 radical (unpaired) electrons. The van der Waals surface area contributed by atoms with Crippen molar-refractivity contribution in [2.24, 2.45) is 5.73 Å². The highest BCUT2D eigenvalue weighted by molar-refractivity contribution is 5.85. The number of benzene rings is 2.